The number of ether oxygens (including phenoxy) is 2. The average Bonchev–Trinajstić information content (AvgIpc) is 2.73. The van der Waals surface area contributed by atoms with Crippen LogP contribution in [0.15, 0.2) is 79.1 Å². The fourth-order valence-electron chi connectivity index (χ4n) is 2.60. The first-order valence-corrected chi connectivity index (χ1v) is 9.08. The van der Waals surface area contributed by atoms with Gasteiger partial charge in [-0.25, -0.2) is 9.59 Å². The lowest BCUT2D eigenvalue weighted by atomic mass is 10.1. The quantitative estimate of drug-likeness (QED) is 0.372. The van der Waals surface area contributed by atoms with Gasteiger partial charge in [-0.2, -0.15) is 0 Å². The molecule has 0 aliphatic rings. The second kappa shape index (κ2) is 8.58. The third kappa shape index (κ3) is 5.09. The van der Waals surface area contributed by atoms with Gasteiger partial charge in [0.2, 0.25) is 0 Å². The van der Waals surface area contributed by atoms with E-state index in [1.165, 1.54) is 12.1 Å². The van der Waals surface area contributed by atoms with Crippen LogP contribution in [0.2, 0.25) is 0 Å². The summed E-state index contributed by atoms with van der Waals surface area (Å²) in [6, 6.07) is 16.8. The van der Waals surface area contributed by atoms with Gasteiger partial charge in [-0.1, -0.05) is 5.92 Å². The fraction of sp³-hybridized carbons (Fsp3) is 0.167. The molecule has 2 aromatic heterocycles. The highest BCUT2D eigenvalue weighted by Gasteiger charge is 2.15. The van der Waals surface area contributed by atoms with Crippen molar-refractivity contribution in [3.05, 3.63) is 81.5 Å². The number of rotatable bonds is 3. The van der Waals surface area contributed by atoms with E-state index >= 15 is 0 Å². The van der Waals surface area contributed by atoms with Crippen molar-refractivity contribution in [3.8, 4) is 23.8 Å². The zero-order valence-electron chi connectivity index (χ0n) is 16.8. The maximum absolute atomic E-state index is 11.1. The maximum Gasteiger partial charge on any atom is 0.336 e. The Morgan fingerprint density at radius 3 is 1.77 bits per heavy atom. The van der Waals surface area contributed by atoms with Gasteiger partial charge in [0.1, 0.15) is 22.7 Å². The Hall–Kier alpha value is -3.98. The number of hydrogen-bond donors (Lipinski definition) is 0. The van der Waals surface area contributed by atoms with Crippen LogP contribution in [0.1, 0.15) is 13.8 Å². The zero-order chi connectivity index (χ0) is 21.7. The predicted molar refractivity (Wildman–Crippen MR) is 115 cm³/mol. The molecule has 4 aromatic rings. The normalized spacial score (nSPS) is 10.7. The first-order chi connectivity index (χ1) is 14.3. The van der Waals surface area contributed by atoms with Crippen LogP contribution in [0.3, 0.4) is 0 Å². The Kier molecular flexibility index (Phi) is 5.93. The minimum Gasteiger partial charge on any atom is -0.497 e. The van der Waals surface area contributed by atoms with E-state index in [0.717, 1.165) is 10.8 Å². The Balaban J connectivity index is 0.000000177. The lowest BCUT2D eigenvalue weighted by Gasteiger charge is -2.20. The van der Waals surface area contributed by atoms with Crippen LogP contribution < -0.4 is 20.7 Å². The van der Waals surface area contributed by atoms with Crippen molar-refractivity contribution in [2.45, 2.75) is 19.4 Å². The van der Waals surface area contributed by atoms with Gasteiger partial charge >= 0.3 is 11.3 Å². The van der Waals surface area contributed by atoms with E-state index in [1.807, 2.05) is 18.2 Å². The number of benzene rings is 2. The van der Waals surface area contributed by atoms with Crippen LogP contribution in [0.5, 0.6) is 11.5 Å². The SMILES string of the molecule is C#CC(C)(C)Oc1ccc2ccc(=O)oc2c1.COc1ccc2ccc(=O)oc2c1. The van der Waals surface area contributed by atoms with E-state index in [2.05, 4.69) is 5.92 Å². The van der Waals surface area contributed by atoms with Gasteiger partial charge in [0.05, 0.1) is 7.11 Å². The van der Waals surface area contributed by atoms with Gasteiger partial charge in [-0.05, 0) is 50.2 Å². The maximum atomic E-state index is 11.1. The summed E-state index contributed by atoms with van der Waals surface area (Å²) < 4.78 is 20.6. The standard InChI is InChI=1S/C14H12O3.C10H8O3/c1-4-14(2,3)17-11-7-5-10-6-8-13(15)16-12(10)9-11;1-12-8-4-2-7-3-5-10(11)13-9(7)6-8/h1,5-9H,2-3H3;2-6H,1H3. The molecule has 0 unspecified atom stereocenters. The molecule has 0 atom stereocenters. The van der Waals surface area contributed by atoms with Crippen molar-refractivity contribution in [1.29, 1.82) is 0 Å². The number of methoxy groups -OCH3 is 1. The topological polar surface area (TPSA) is 78.9 Å². The Morgan fingerprint density at radius 1 is 0.800 bits per heavy atom. The molecule has 2 aromatic carbocycles. The molecular formula is C24H20O6. The molecule has 0 saturated heterocycles. The minimum atomic E-state index is -0.692. The van der Waals surface area contributed by atoms with E-state index < -0.39 is 5.60 Å². The van der Waals surface area contributed by atoms with Crippen molar-refractivity contribution >= 4 is 21.9 Å². The van der Waals surface area contributed by atoms with Crippen molar-refractivity contribution in [1.82, 2.24) is 0 Å². The van der Waals surface area contributed by atoms with E-state index in [0.29, 0.717) is 22.7 Å². The smallest absolute Gasteiger partial charge is 0.336 e. The number of fused-ring (bicyclic) bond motifs is 2. The largest absolute Gasteiger partial charge is 0.497 e. The second-order valence-electron chi connectivity index (χ2n) is 6.87. The molecule has 0 aliphatic carbocycles. The molecule has 0 amide bonds. The highest BCUT2D eigenvalue weighted by Crippen LogP contribution is 2.23. The summed E-state index contributed by atoms with van der Waals surface area (Å²) in [5, 5.41) is 1.73. The second-order valence-corrected chi connectivity index (χ2v) is 6.87. The van der Waals surface area contributed by atoms with Gasteiger partial charge in [0, 0.05) is 35.0 Å². The minimum absolute atomic E-state index is 0.347. The Bertz CT molecular complexity index is 1340. The molecule has 4 rings (SSSR count). The summed E-state index contributed by atoms with van der Waals surface area (Å²) >= 11 is 0. The van der Waals surface area contributed by atoms with E-state index in [4.69, 9.17) is 24.7 Å². The third-order valence-electron chi connectivity index (χ3n) is 4.15. The van der Waals surface area contributed by atoms with Crippen LogP contribution in [0.25, 0.3) is 21.9 Å². The van der Waals surface area contributed by atoms with Gasteiger partial charge in [0.15, 0.2) is 5.60 Å². The zero-order valence-corrected chi connectivity index (χ0v) is 16.8. The summed E-state index contributed by atoms with van der Waals surface area (Å²) in [5.74, 6) is 3.80. The number of terminal acetylenes is 1. The van der Waals surface area contributed by atoms with Gasteiger partial charge in [-0.15, -0.1) is 6.42 Å². The molecule has 0 radical (unpaired) electrons. The summed E-state index contributed by atoms with van der Waals surface area (Å²) in [5.41, 5.74) is -0.385. The average molecular weight is 404 g/mol. The van der Waals surface area contributed by atoms with Crippen molar-refractivity contribution in [2.75, 3.05) is 7.11 Å². The first-order valence-electron chi connectivity index (χ1n) is 9.08. The molecule has 0 fully saturated rings. The molecule has 0 N–H and O–H groups in total. The highest BCUT2D eigenvalue weighted by molar-refractivity contribution is 5.78. The van der Waals surface area contributed by atoms with Crippen molar-refractivity contribution in [3.63, 3.8) is 0 Å². The summed E-state index contributed by atoms with van der Waals surface area (Å²) in [6.07, 6.45) is 5.34. The summed E-state index contributed by atoms with van der Waals surface area (Å²) in [7, 11) is 1.57. The molecule has 0 saturated carbocycles. The molecule has 30 heavy (non-hydrogen) atoms. The van der Waals surface area contributed by atoms with Gasteiger partial charge in [-0.3, -0.25) is 0 Å². The van der Waals surface area contributed by atoms with Crippen LogP contribution >= 0.6 is 0 Å². The molecule has 6 nitrogen and oxygen atoms in total. The Morgan fingerprint density at radius 2 is 1.27 bits per heavy atom. The van der Waals surface area contributed by atoms with Crippen molar-refractivity contribution < 1.29 is 18.3 Å². The van der Waals surface area contributed by atoms with Crippen LogP contribution in [0, 0.1) is 12.3 Å². The molecule has 2 heterocycles. The first kappa shape index (κ1) is 20.7. The monoisotopic (exact) mass is 404 g/mol. The molecule has 0 spiro atoms. The van der Waals surface area contributed by atoms with Crippen LogP contribution in [-0.2, 0) is 0 Å². The van der Waals surface area contributed by atoms with Crippen molar-refractivity contribution in [2.24, 2.45) is 0 Å². The Labute approximate surface area is 172 Å². The summed E-state index contributed by atoms with van der Waals surface area (Å²) in [4.78, 5) is 22.0. The number of hydrogen-bond acceptors (Lipinski definition) is 6. The van der Waals surface area contributed by atoms with Crippen LogP contribution in [-0.4, -0.2) is 12.7 Å². The molecule has 6 heteroatoms. The summed E-state index contributed by atoms with van der Waals surface area (Å²) in [6.45, 7) is 3.58. The third-order valence-corrected chi connectivity index (χ3v) is 4.15. The van der Waals surface area contributed by atoms with E-state index in [9.17, 15) is 9.59 Å². The lowest BCUT2D eigenvalue weighted by molar-refractivity contribution is 0.172. The van der Waals surface area contributed by atoms with E-state index in [-0.39, 0.29) is 11.3 Å². The predicted octanol–water partition coefficient (Wildman–Crippen LogP) is 4.39. The van der Waals surface area contributed by atoms with Gasteiger partial charge < -0.3 is 18.3 Å². The molecular weight excluding hydrogens is 384 g/mol. The molecule has 152 valence electrons. The molecule has 0 aliphatic heterocycles. The van der Waals surface area contributed by atoms with E-state index in [1.54, 1.807) is 51.3 Å². The van der Waals surface area contributed by atoms with Crippen LogP contribution in [0.4, 0.5) is 0 Å². The lowest BCUT2D eigenvalue weighted by Crippen LogP contribution is -2.25. The van der Waals surface area contributed by atoms with Gasteiger partial charge in [0.25, 0.3) is 0 Å². The molecule has 0 bridgehead atoms. The fourth-order valence-corrected chi connectivity index (χ4v) is 2.60. The highest BCUT2D eigenvalue weighted by atomic mass is 16.5.